The lowest BCUT2D eigenvalue weighted by Crippen LogP contribution is -2.28. The molecule has 2 rings (SSSR count). The van der Waals surface area contributed by atoms with Crippen molar-refractivity contribution in [2.75, 3.05) is 19.5 Å². The Balaban J connectivity index is 2.11. The lowest BCUT2D eigenvalue weighted by molar-refractivity contribution is 0.396. The van der Waals surface area contributed by atoms with Crippen LogP contribution in [-0.4, -0.2) is 19.3 Å². The van der Waals surface area contributed by atoms with Gasteiger partial charge < -0.3 is 20.1 Å². The van der Waals surface area contributed by atoms with Crippen molar-refractivity contribution >= 4 is 34.6 Å². The van der Waals surface area contributed by atoms with Gasteiger partial charge in [-0.3, -0.25) is 0 Å². The number of halogens is 1. The number of anilines is 1. The summed E-state index contributed by atoms with van der Waals surface area (Å²) in [7, 11) is 3.14. The molecule has 0 saturated carbocycles. The Labute approximate surface area is 141 Å². The van der Waals surface area contributed by atoms with Crippen LogP contribution in [0.5, 0.6) is 11.5 Å². The Morgan fingerprint density at radius 2 is 1.91 bits per heavy atom. The first-order valence-corrected chi connectivity index (χ1v) is 7.69. The largest absolute Gasteiger partial charge is 0.495 e. The number of methoxy groups -OCH3 is 2. The minimum absolute atomic E-state index is 0.483. The fraction of sp³-hybridized carbons (Fsp3) is 0.312. The van der Waals surface area contributed by atoms with Crippen molar-refractivity contribution in [1.82, 2.24) is 5.32 Å². The van der Waals surface area contributed by atoms with Crippen LogP contribution in [0.2, 0.25) is 5.02 Å². The minimum atomic E-state index is 0.483. The molecule has 4 nitrogen and oxygen atoms in total. The molecule has 22 heavy (non-hydrogen) atoms. The monoisotopic (exact) mass is 338 g/mol. The lowest BCUT2D eigenvalue weighted by atomic mass is 10.1. The van der Waals surface area contributed by atoms with E-state index in [2.05, 4.69) is 29.7 Å². The smallest absolute Gasteiger partial charge is 0.175 e. The molecule has 6 heteroatoms. The van der Waals surface area contributed by atoms with Gasteiger partial charge in [0.05, 0.1) is 24.9 Å². The quantitative estimate of drug-likeness (QED) is 0.803. The van der Waals surface area contributed by atoms with Crippen molar-refractivity contribution in [1.29, 1.82) is 0 Å². The number of hydrogen-bond donors (Lipinski definition) is 2. The Morgan fingerprint density at radius 3 is 2.55 bits per heavy atom. The van der Waals surface area contributed by atoms with Crippen LogP contribution in [0.15, 0.2) is 35.6 Å². The maximum atomic E-state index is 6.15. The second kappa shape index (κ2) is 7.51. The first-order chi connectivity index (χ1) is 10.5. The Bertz CT molecular complexity index is 641. The molecule has 0 heterocycles. The van der Waals surface area contributed by atoms with E-state index in [1.54, 1.807) is 26.4 Å². The molecule has 0 fully saturated rings. The molecular weight excluding hydrogens is 320 g/mol. The van der Waals surface area contributed by atoms with Gasteiger partial charge >= 0.3 is 0 Å². The highest BCUT2D eigenvalue weighted by molar-refractivity contribution is 7.80. The molecular formula is C16H19ClN2O2S. The van der Waals surface area contributed by atoms with E-state index >= 15 is 0 Å². The van der Waals surface area contributed by atoms with Gasteiger partial charge in [-0.15, -0.1) is 0 Å². The summed E-state index contributed by atoms with van der Waals surface area (Å²) in [4.78, 5) is 0. The normalized spacial score (nSPS) is 13.8. The lowest BCUT2D eigenvalue weighted by Gasteiger charge is -2.17. The molecule has 0 saturated heterocycles. The van der Waals surface area contributed by atoms with E-state index in [0.717, 1.165) is 18.5 Å². The number of ether oxygens (including phenoxy) is 2. The summed E-state index contributed by atoms with van der Waals surface area (Å²) in [6, 6.07) is 3.45. The van der Waals surface area contributed by atoms with Gasteiger partial charge in [0, 0.05) is 11.8 Å². The summed E-state index contributed by atoms with van der Waals surface area (Å²) in [5.74, 6) is 1.16. The van der Waals surface area contributed by atoms with Crippen molar-refractivity contribution in [3.63, 3.8) is 0 Å². The molecule has 0 atom stereocenters. The molecule has 2 N–H and O–H groups in total. The summed E-state index contributed by atoms with van der Waals surface area (Å²) in [6.07, 6.45) is 6.33. The Morgan fingerprint density at radius 1 is 1.18 bits per heavy atom. The highest BCUT2D eigenvalue weighted by Crippen LogP contribution is 2.35. The SMILES string of the molecule is COc1cc(OC)c(NC(=S)NC2=CCCC(C)=C2)cc1Cl. The van der Waals surface area contributed by atoms with Gasteiger partial charge in [-0.1, -0.05) is 23.3 Å². The summed E-state index contributed by atoms with van der Waals surface area (Å²) in [5, 5.41) is 7.24. The van der Waals surface area contributed by atoms with Gasteiger partial charge in [0.15, 0.2) is 5.11 Å². The Kier molecular flexibility index (Phi) is 5.69. The fourth-order valence-corrected chi connectivity index (χ4v) is 2.65. The second-order valence-corrected chi connectivity index (χ2v) is 5.77. The van der Waals surface area contributed by atoms with Crippen LogP contribution in [-0.2, 0) is 0 Å². The molecule has 118 valence electrons. The van der Waals surface area contributed by atoms with Gasteiger partial charge in [0.2, 0.25) is 0 Å². The third kappa shape index (κ3) is 4.15. The van der Waals surface area contributed by atoms with Crippen LogP contribution in [0.25, 0.3) is 0 Å². The third-order valence-corrected chi connectivity index (χ3v) is 3.78. The first-order valence-electron chi connectivity index (χ1n) is 6.90. The van der Waals surface area contributed by atoms with Crippen LogP contribution >= 0.6 is 23.8 Å². The summed E-state index contributed by atoms with van der Waals surface area (Å²) in [6.45, 7) is 2.11. The molecule has 1 aliphatic carbocycles. The highest BCUT2D eigenvalue weighted by Gasteiger charge is 2.12. The van der Waals surface area contributed by atoms with Gasteiger partial charge in [-0.2, -0.15) is 0 Å². The van der Waals surface area contributed by atoms with E-state index in [4.69, 9.17) is 33.3 Å². The zero-order chi connectivity index (χ0) is 16.1. The number of nitrogens with one attached hydrogen (secondary N) is 2. The average molecular weight is 339 g/mol. The first kappa shape index (κ1) is 16.6. The van der Waals surface area contributed by atoms with Crippen LogP contribution < -0.4 is 20.1 Å². The molecule has 1 aliphatic rings. The highest BCUT2D eigenvalue weighted by atomic mass is 35.5. The van der Waals surface area contributed by atoms with E-state index in [1.807, 2.05) is 0 Å². The van der Waals surface area contributed by atoms with Gasteiger partial charge in [0.1, 0.15) is 11.5 Å². The molecule has 0 bridgehead atoms. The maximum Gasteiger partial charge on any atom is 0.175 e. The van der Waals surface area contributed by atoms with E-state index in [9.17, 15) is 0 Å². The van der Waals surface area contributed by atoms with Crippen LogP contribution in [0, 0.1) is 0 Å². The van der Waals surface area contributed by atoms with E-state index in [1.165, 1.54) is 5.57 Å². The number of allylic oxidation sites excluding steroid dienone is 3. The predicted molar refractivity (Wildman–Crippen MR) is 95.0 cm³/mol. The van der Waals surface area contributed by atoms with Crippen LogP contribution in [0.4, 0.5) is 5.69 Å². The molecule has 0 radical (unpaired) electrons. The van der Waals surface area contributed by atoms with Crippen LogP contribution in [0.1, 0.15) is 19.8 Å². The molecule has 1 aromatic rings. The number of thiocarbonyl (C=S) groups is 1. The zero-order valence-electron chi connectivity index (χ0n) is 12.8. The zero-order valence-corrected chi connectivity index (χ0v) is 14.4. The van der Waals surface area contributed by atoms with Crippen molar-refractivity contribution in [2.45, 2.75) is 19.8 Å². The number of rotatable bonds is 4. The fourth-order valence-electron chi connectivity index (χ4n) is 2.18. The van der Waals surface area contributed by atoms with Crippen LogP contribution in [0.3, 0.4) is 0 Å². The summed E-state index contributed by atoms with van der Waals surface area (Å²) < 4.78 is 10.5. The average Bonchev–Trinajstić information content (AvgIpc) is 2.47. The second-order valence-electron chi connectivity index (χ2n) is 4.95. The predicted octanol–water partition coefficient (Wildman–Crippen LogP) is 4.27. The minimum Gasteiger partial charge on any atom is -0.495 e. The topological polar surface area (TPSA) is 42.5 Å². The third-order valence-electron chi connectivity index (χ3n) is 3.28. The molecule has 0 spiro atoms. The van der Waals surface area contributed by atoms with Gasteiger partial charge in [-0.05, 0) is 44.1 Å². The summed E-state index contributed by atoms with van der Waals surface area (Å²) >= 11 is 11.5. The molecule has 0 amide bonds. The standard InChI is InChI=1S/C16H19ClN2O2S/c1-10-5-4-6-11(7-10)18-16(22)19-13-8-12(17)14(20-2)9-15(13)21-3/h6-9H,4-5H2,1-3H3,(H2,18,19,22). The van der Waals surface area contributed by atoms with E-state index < -0.39 is 0 Å². The van der Waals surface area contributed by atoms with Crippen molar-refractivity contribution in [2.24, 2.45) is 0 Å². The van der Waals surface area contributed by atoms with E-state index in [0.29, 0.717) is 27.3 Å². The number of hydrogen-bond acceptors (Lipinski definition) is 3. The van der Waals surface area contributed by atoms with E-state index in [-0.39, 0.29) is 0 Å². The van der Waals surface area contributed by atoms with Crippen molar-refractivity contribution < 1.29 is 9.47 Å². The molecule has 1 aromatic carbocycles. The van der Waals surface area contributed by atoms with Gasteiger partial charge in [0.25, 0.3) is 0 Å². The molecule has 0 aliphatic heterocycles. The molecule has 0 aromatic heterocycles. The van der Waals surface area contributed by atoms with Crippen molar-refractivity contribution in [3.8, 4) is 11.5 Å². The Hall–Kier alpha value is -1.72. The maximum absolute atomic E-state index is 6.15. The number of benzene rings is 1. The van der Waals surface area contributed by atoms with Gasteiger partial charge in [-0.25, -0.2) is 0 Å². The van der Waals surface area contributed by atoms with Crippen molar-refractivity contribution in [3.05, 3.63) is 40.6 Å². The summed E-state index contributed by atoms with van der Waals surface area (Å²) in [5.41, 5.74) is 3.01. The molecule has 0 unspecified atom stereocenters.